The molecule has 2 unspecified atom stereocenters. The minimum Gasteiger partial charge on any atom is -0.313 e. The molecule has 90 valence electrons. The van der Waals surface area contributed by atoms with E-state index in [9.17, 15) is 0 Å². The summed E-state index contributed by atoms with van der Waals surface area (Å²) in [5.74, 6) is 1.50. The number of hydrogen-bond acceptors (Lipinski definition) is 3. The lowest BCUT2D eigenvalue weighted by atomic mass is 10.1. The molecule has 1 N–H and O–H groups in total. The van der Waals surface area contributed by atoms with E-state index < -0.39 is 0 Å². The molecular weight excluding hydrogens is 216 g/mol. The summed E-state index contributed by atoms with van der Waals surface area (Å²) < 4.78 is 0. The highest BCUT2D eigenvalue weighted by Gasteiger charge is 2.29. The normalized spacial score (nSPS) is 19.7. The van der Waals surface area contributed by atoms with Gasteiger partial charge in [-0.25, -0.2) is 4.98 Å². The smallest absolute Gasteiger partial charge is 0.0969 e. The van der Waals surface area contributed by atoms with Crippen molar-refractivity contribution in [3.05, 3.63) is 16.1 Å². The maximum atomic E-state index is 4.55. The van der Waals surface area contributed by atoms with Gasteiger partial charge in [-0.1, -0.05) is 13.8 Å². The molecule has 16 heavy (non-hydrogen) atoms. The molecule has 2 atom stereocenters. The average Bonchev–Trinajstić information content (AvgIpc) is 3.01. The topological polar surface area (TPSA) is 24.9 Å². The molecule has 0 aromatic carbocycles. The number of nitrogens with one attached hydrogen (secondary N) is 1. The van der Waals surface area contributed by atoms with Crippen LogP contribution < -0.4 is 5.32 Å². The molecule has 1 saturated carbocycles. The lowest BCUT2D eigenvalue weighted by Gasteiger charge is -2.18. The van der Waals surface area contributed by atoms with E-state index in [4.69, 9.17) is 0 Å². The maximum Gasteiger partial charge on any atom is 0.0969 e. The molecule has 0 spiro atoms. The molecule has 0 aliphatic heterocycles. The summed E-state index contributed by atoms with van der Waals surface area (Å²) in [4.78, 5) is 4.55. The van der Waals surface area contributed by atoms with Gasteiger partial charge in [0.1, 0.15) is 0 Å². The Hall–Kier alpha value is -0.410. The summed E-state index contributed by atoms with van der Waals surface area (Å²) in [6.07, 6.45) is 4.11. The molecule has 0 bridgehead atoms. The molecule has 0 amide bonds. The van der Waals surface area contributed by atoms with Gasteiger partial charge in [-0.05, 0) is 32.1 Å². The highest BCUT2D eigenvalue weighted by molar-refractivity contribution is 7.09. The van der Waals surface area contributed by atoms with Crippen LogP contribution in [0, 0.1) is 12.8 Å². The van der Waals surface area contributed by atoms with Gasteiger partial charge in [-0.3, -0.25) is 0 Å². The number of nitrogens with zero attached hydrogens (tertiary/aromatic N) is 1. The number of rotatable bonds is 6. The Bertz CT molecular complexity index is 330. The summed E-state index contributed by atoms with van der Waals surface area (Å²) >= 11 is 1.79. The van der Waals surface area contributed by atoms with Crippen molar-refractivity contribution >= 4 is 11.3 Å². The zero-order chi connectivity index (χ0) is 11.5. The molecule has 2 nitrogen and oxygen atoms in total. The van der Waals surface area contributed by atoms with Gasteiger partial charge in [-0.15, -0.1) is 11.3 Å². The minimum absolute atomic E-state index is 0.548. The van der Waals surface area contributed by atoms with E-state index in [1.54, 1.807) is 11.3 Å². The summed E-state index contributed by atoms with van der Waals surface area (Å²) in [6.45, 7) is 7.69. The first-order valence-electron chi connectivity index (χ1n) is 6.36. The van der Waals surface area contributed by atoms with Crippen LogP contribution in [0.25, 0.3) is 0 Å². The quantitative estimate of drug-likeness (QED) is 0.822. The fourth-order valence-electron chi connectivity index (χ4n) is 2.16. The third-order valence-corrected chi connectivity index (χ3v) is 4.57. The number of hydrogen-bond donors (Lipinski definition) is 1. The zero-order valence-corrected chi connectivity index (χ0v) is 11.3. The lowest BCUT2D eigenvalue weighted by Crippen LogP contribution is -2.33. The minimum atomic E-state index is 0.548. The van der Waals surface area contributed by atoms with Crippen molar-refractivity contribution in [3.63, 3.8) is 0 Å². The predicted octanol–water partition coefficient (Wildman–Crippen LogP) is 3.33. The van der Waals surface area contributed by atoms with Gasteiger partial charge < -0.3 is 5.32 Å². The van der Waals surface area contributed by atoms with Gasteiger partial charge >= 0.3 is 0 Å². The Morgan fingerprint density at radius 2 is 2.31 bits per heavy atom. The van der Waals surface area contributed by atoms with Crippen molar-refractivity contribution in [2.45, 2.75) is 52.0 Å². The van der Waals surface area contributed by atoms with E-state index in [0.717, 1.165) is 24.2 Å². The van der Waals surface area contributed by atoms with Crippen LogP contribution in [0.5, 0.6) is 0 Å². The second-order valence-corrected chi connectivity index (χ2v) is 5.88. The Morgan fingerprint density at radius 3 is 2.81 bits per heavy atom. The molecule has 1 aromatic rings. The molecule has 0 saturated heterocycles. The van der Waals surface area contributed by atoms with Crippen LogP contribution in [0.4, 0.5) is 0 Å². The summed E-state index contributed by atoms with van der Waals surface area (Å²) in [6, 6.07) is 0.739. The van der Waals surface area contributed by atoms with E-state index in [1.165, 1.54) is 24.3 Å². The number of aryl methyl sites for hydroxylation is 1. The maximum absolute atomic E-state index is 4.55. The molecule has 1 fully saturated rings. The van der Waals surface area contributed by atoms with Gasteiger partial charge in [0, 0.05) is 29.6 Å². The summed E-state index contributed by atoms with van der Waals surface area (Å²) in [5, 5.41) is 7.12. The highest BCUT2D eigenvalue weighted by Crippen LogP contribution is 2.34. The Morgan fingerprint density at radius 1 is 1.56 bits per heavy atom. The van der Waals surface area contributed by atoms with Crippen LogP contribution >= 0.6 is 11.3 Å². The van der Waals surface area contributed by atoms with E-state index >= 15 is 0 Å². The van der Waals surface area contributed by atoms with Crippen LogP contribution in [-0.4, -0.2) is 17.6 Å². The van der Waals surface area contributed by atoms with E-state index in [1.807, 2.05) is 0 Å². The van der Waals surface area contributed by atoms with E-state index in [2.05, 4.69) is 36.5 Å². The molecule has 1 heterocycles. The predicted molar refractivity (Wildman–Crippen MR) is 70.1 cm³/mol. The van der Waals surface area contributed by atoms with Crippen LogP contribution in [0.1, 0.15) is 49.7 Å². The number of thiazole rings is 1. The van der Waals surface area contributed by atoms with Crippen LogP contribution in [0.3, 0.4) is 0 Å². The first-order valence-corrected chi connectivity index (χ1v) is 7.24. The fourth-order valence-corrected chi connectivity index (χ4v) is 3.01. The van der Waals surface area contributed by atoms with Crippen LogP contribution in [-0.2, 0) is 0 Å². The van der Waals surface area contributed by atoms with Crippen molar-refractivity contribution in [2.75, 3.05) is 6.54 Å². The molecule has 0 radical (unpaired) electrons. The van der Waals surface area contributed by atoms with Crippen molar-refractivity contribution in [1.29, 1.82) is 0 Å². The average molecular weight is 238 g/mol. The first kappa shape index (κ1) is 12.1. The second kappa shape index (κ2) is 5.28. The third-order valence-electron chi connectivity index (χ3n) is 3.38. The highest BCUT2D eigenvalue weighted by atomic mass is 32.1. The van der Waals surface area contributed by atoms with E-state index in [-0.39, 0.29) is 0 Å². The summed E-state index contributed by atoms with van der Waals surface area (Å²) in [7, 11) is 0. The molecular formula is C13H22N2S. The largest absolute Gasteiger partial charge is 0.313 e. The molecule has 1 aromatic heterocycles. The number of aromatic nitrogens is 1. The SMILES string of the molecule is CCC(NCC(C)c1nc(C)cs1)C1CC1. The molecule has 1 aliphatic carbocycles. The fraction of sp³-hybridized carbons (Fsp3) is 0.769. The molecule has 2 rings (SSSR count). The van der Waals surface area contributed by atoms with Gasteiger partial charge in [0.25, 0.3) is 0 Å². The van der Waals surface area contributed by atoms with Crippen molar-refractivity contribution in [1.82, 2.24) is 10.3 Å². The first-order chi connectivity index (χ1) is 7.70. The van der Waals surface area contributed by atoms with Gasteiger partial charge in [0.05, 0.1) is 5.01 Å². The van der Waals surface area contributed by atoms with E-state index in [0.29, 0.717) is 5.92 Å². The molecule has 1 aliphatic rings. The summed E-state index contributed by atoms with van der Waals surface area (Å²) in [5.41, 5.74) is 1.15. The van der Waals surface area contributed by atoms with Crippen molar-refractivity contribution in [2.24, 2.45) is 5.92 Å². The third kappa shape index (κ3) is 3.05. The van der Waals surface area contributed by atoms with Gasteiger partial charge in [0.15, 0.2) is 0 Å². The van der Waals surface area contributed by atoms with Crippen LogP contribution in [0.2, 0.25) is 0 Å². The zero-order valence-electron chi connectivity index (χ0n) is 10.5. The molecule has 3 heteroatoms. The van der Waals surface area contributed by atoms with Crippen LogP contribution in [0.15, 0.2) is 5.38 Å². The second-order valence-electron chi connectivity index (χ2n) is 4.99. The standard InChI is InChI=1S/C13H22N2S/c1-4-12(11-5-6-11)14-7-9(2)13-15-10(3)8-16-13/h8-9,11-12,14H,4-7H2,1-3H3. The van der Waals surface area contributed by atoms with Gasteiger partial charge in [0.2, 0.25) is 0 Å². The Kier molecular flexibility index (Phi) is 3.98. The Balaban J connectivity index is 1.80. The monoisotopic (exact) mass is 238 g/mol. The Labute approximate surface area is 102 Å². The lowest BCUT2D eigenvalue weighted by molar-refractivity contribution is 0.436. The van der Waals surface area contributed by atoms with Gasteiger partial charge in [-0.2, -0.15) is 0 Å². The van der Waals surface area contributed by atoms with Crippen molar-refractivity contribution < 1.29 is 0 Å². The van der Waals surface area contributed by atoms with Crippen molar-refractivity contribution in [3.8, 4) is 0 Å².